The van der Waals surface area contributed by atoms with Crippen molar-refractivity contribution in [1.29, 1.82) is 0 Å². The van der Waals surface area contributed by atoms with Crippen LogP contribution in [0.5, 0.6) is 11.5 Å². The largest absolute Gasteiger partial charge is 0.454 e. The average Bonchev–Trinajstić information content (AvgIpc) is 2.36. The van der Waals surface area contributed by atoms with Crippen molar-refractivity contribution in [2.75, 3.05) is 7.05 Å². The molecule has 0 spiro atoms. The van der Waals surface area contributed by atoms with Gasteiger partial charge in [-0.3, -0.25) is 0 Å². The average molecular weight is 294 g/mol. The maximum absolute atomic E-state index is 14.0. The number of halogens is 2. The predicted molar refractivity (Wildman–Crippen MR) is 80.2 cm³/mol. The van der Waals surface area contributed by atoms with E-state index in [-0.39, 0.29) is 11.6 Å². The highest BCUT2D eigenvalue weighted by Crippen LogP contribution is 2.32. The Morgan fingerprint density at radius 3 is 2.35 bits per heavy atom. The first-order valence-electron chi connectivity index (χ1n) is 6.39. The van der Waals surface area contributed by atoms with Gasteiger partial charge in [0.1, 0.15) is 5.75 Å². The minimum atomic E-state index is -0.369. The Hall–Kier alpha value is -1.58. The minimum Gasteiger partial charge on any atom is -0.454 e. The van der Waals surface area contributed by atoms with Crippen molar-refractivity contribution in [2.45, 2.75) is 20.4 Å². The fraction of sp³-hybridized carbons (Fsp3) is 0.250. The van der Waals surface area contributed by atoms with E-state index in [1.54, 1.807) is 18.2 Å². The second-order valence-corrected chi connectivity index (χ2v) is 5.20. The molecule has 1 N–H and O–H groups in total. The van der Waals surface area contributed by atoms with E-state index >= 15 is 0 Å². The van der Waals surface area contributed by atoms with Gasteiger partial charge in [0.2, 0.25) is 0 Å². The Labute approximate surface area is 123 Å². The van der Waals surface area contributed by atoms with Gasteiger partial charge in [-0.15, -0.1) is 0 Å². The summed E-state index contributed by atoms with van der Waals surface area (Å²) in [7, 11) is 1.82. The van der Waals surface area contributed by atoms with Gasteiger partial charge in [-0.2, -0.15) is 0 Å². The second kappa shape index (κ2) is 6.25. The molecule has 20 heavy (non-hydrogen) atoms. The van der Waals surface area contributed by atoms with Gasteiger partial charge in [0, 0.05) is 11.6 Å². The van der Waals surface area contributed by atoms with E-state index in [1.165, 1.54) is 6.07 Å². The molecule has 106 valence electrons. The van der Waals surface area contributed by atoms with Gasteiger partial charge in [0.25, 0.3) is 0 Å². The summed E-state index contributed by atoms with van der Waals surface area (Å²) in [5, 5.41) is 3.63. The summed E-state index contributed by atoms with van der Waals surface area (Å²) < 4.78 is 19.7. The molecule has 2 nitrogen and oxygen atoms in total. The molecule has 0 saturated carbocycles. The molecule has 0 radical (unpaired) electrons. The summed E-state index contributed by atoms with van der Waals surface area (Å²) in [4.78, 5) is 0. The maximum Gasteiger partial charge on any atom is 0.166 e. The van der Waals surface area contributed by atoms with Crippen molar-refractivity contribution in [3.63, 3.8) is 0 Å². The third-order valence-electron chi connectivity index (χ3n) is 3.01. The number of hydrogen-bond donors (Lipinski definition) is 1. The van der Waals surface area contributed by atoms with Gasteiger partial charge in [-0.1, -0.05) is 17.7 Å². The lowest BCUT2D eigenvalue weighted by Gasteiger charge is -2.13. The highest BCUT2D eigenvalue weighted by atomic mass is 35.5. The van der Waals surface area contributed by atoms with Crippen LogP contribution in [0.15, 0.2) is 30.3 Å². The first-order valence-corrected chi connectivity index (χ1v) is 6.76. The predicted octanol–water partition coefficient (Wildman–Crippen LogP) is 4.61. The summed E-state index contributed by atoms with van der Waals surface area (Å²) in [6, 6.07) is 8.58. The van der Waals surface area contributed by atoms with Gasteiger partial charge in [-0.25, -0.2) is 4.39 Å². The zero-order valence-corrected chi connectivity index (χ0v) is 12.5. The van der Waals surface area contributed by atoms with Crippen LogP contribution >= 0.6 is 11.6 Å². The van der Waals surface area contributed by atoms with Crippen molar-refractivity contribution in [3.8, 4) is 11.5 Å². The molecule has 2 aromatic rings. The normalized spacial score (nSPS) is 10.7. The van der Waals surface area contributed by atoms with Crippen molar-refractivity contribution in [2.24, 2.45) is 0 Å². The summed E-state index contributed by atoms with van der Waals surface area (Å²) in [5.74, 6) is 0.500. The summed E-state index contributed by atoms with van der Waals surface area (Å²) in [5.41, 5.74) is 2.64. The molecule has 0 unspecified atom stereocenters. The minimum absolute atomic E-state index is 0.221. The quantitative estimate of drug-likeness (QED) is 0.889. The number of rotatable bonds is 4. The lowest BCUT2D eigenvalue weighted by atomic mass is 10.1. The zero-order chi connectivity index (χ0) is 14.7. The van der Waals surface area contributed by atoms with Gasteiger partial charge in [0.05, 0.1) is 0 Å². The molecule has 0 aliphatic rings. The van der Waals surface area contributed by atoms with Crippen molar-refractivity contribution < 1.29 is 9.13 Å². The molecule has 0 saturated heterocycles. The molecule has 0 aliphatic carbocycles. The third kappa shape index (κ3) is 3.30. The Morgan fingerprint density at radius 2 is 1.80 bits per heavy atom. The number of ether oxygens (including phenoxy) is 1. The molecule has 4 heteroatoms. The SMILES string of the molecule is CNCc1ccc(Oc2c(C)cc(Cl)cc2C)c(F)c1. The van der Waals surface area contributed by atoms with Crippen LogP contribution in [-0.4, -0.2) is 7.05 Å². The number of aryl methyl sites for hydroxylation is 2. The van der Waals surface area contributed by atoms with E-state index in [0.29, 0.717) is 17.3 Å². The molecule has 0 aromatic heterocycles. The van der Waals surface area contributed by atoms with Gasteiger partial charge >= 0.3 is 0 Å². The highest BCUT2D eigenvalue weighted by molar-refractivity contribution is 6.30. The number of hydrogen-bond acceptors (Lipinski definition) is 2. The molecule has 0 bridgehead atoms. The van der Waals surface area contributed by atoms with Gasteiger partial charge in [-0.05, 0) is 61.9 Å². The van der Waals surface area contributed by atoms with Crippen molar-refractivity contribution in [1.82, 2.24) is 5.32 Å². The van der Waals surface area contributed by atoms with Crippen LogP contribution in [0.4, 0.5) is 4.39 Å². The zero-order valence-electron chi connectivity index (χ0n) is 11.8. The molecule has 0 atom stereocenters. The summed E-state index contributed by atoms with van der Waals surface area (Å²) >= 11 is 5.98. The van der Waals surface area contributed by atoms with E-state index in [9.17, 15) is 4.39 Å². The Morgan fingerprint density at radius 1 is 1.15 bits per heavy atom. The van der Waals surface area contributed by atoms with Gasteiger partial charge < -0.3 is 10.1 Å². The topological polar surface area (TPSA) is 21.3 Å². The summed E-state index contributed by atoms with van der Waals surface area (Å²) in [6.07, 6.45) is 0. The molecule has 2 aromatic carbocycles. The smallest absolute Gasteiger partial charge is 0.166 e. The molecular formula is C16H17ClFNO. The van der Waals surface area contributed by atoms with E-state index < -0.39 is 0 Å². The molecular weight excluding hydrogens is 277 g/mol. The van der Waals surface area contributed by atoms with E-state index in [0.717, 1.165) is 16.7 Å². The Balaban J connectivity index is 2.31. The van der Waals surface area contributed by atoms with Gasteiger partial charge in [0.15, 0.2) is 11.6 Å². The Kier molecular flexibility index (Phi) is 4.63. The molecule has 2 rings (SSSR count). The first kappa shape index (κ1) is 14.8. The standard InChI is InChI=1S/C16H17ClFNO/c1-10-6-13(17)7-11(2)16(10)20-15-5-4-12(9-19-3)8-14(15)18/h4-8,19H,9H2,1-3H3. The fourth-order valence-electron chi connectivity index (χ4n) is 2.11. The number of benzene rings is 2. The van der Waals surface area contributed by atoms with E-state index in [1.807, 2.05) is 27.0 Å². The number of nitrogens with one attached hydrogen (secondary N) is 1. The molecule has 0 aliphatic heterocycles. The summed E-state index contributed by atoms with van der Waals surface area (Å²) in [6.45, 7) is 4.40. The van der Waals surface area contributed by atoms with Crippen LogP contribution in [0.25, 0.3) is 0 Å². The molecule has 0 fully saturated rings. The van der Waals surface area contributed by atoms with E-state index in [2.05, 4.69) is 5.32 Å². The third-order valence-corrected chi connectivity index (χ3v) is 3.23. The highest BCUT2D eigenvalue weighted by Gasteiger charge is 2.11. The van der Waals surface area contributed by atoms with Crippen molar-refractivity contribution >= 4 is 11.6 Å². The van der Waals surface area contributed by atoms with Crippen LogP contribution in [0.3, 0.4) is 0 Å². The Bertz CT molecular complexity index is 605. The first-order chi connectivity index (χ1) is 9.51. The second-order valence-electron chi connectivity index (χ2n) is 4.77. The van der Waals surface area contributed by atoms with E-state index in [4.69, 9.17) is 16.3 Å². The maximum atomic E-state index is 14.0. The van der Waals surface area contributed by atoms with Crippen LogP contribution in [0.1, 0.15) is 16.7 Å². The van der Waals surface area contributed by atoms with Crippen molar-refractivity contribution in [3.05, 3.63) is 57.9 Å². The monoisotopic (exact) mass is 293 g/mol. The lowest BCUT2D eigenvalue weighted by Crippen LogP contribution is -2.05. The van der Waals surface area contributed by atoms with Crippen LogP contribution < -0.4 is 10.1 Å². The van der Waals surface area contributed by atoms with Crippen LogP contribution in [0, 0.1) is 19.7 Å². The fourth-order valence-corrected chi connectivity index (χ4v) is 2.44. The molecule has 0 heterocycles. The molecule has 0 amide bonds. The van der Waals surface area contributed by atoms with Crippen LogP contribution in [-0.2, 0) is 6.54 Å². The van der Waals surface area contributed by atoms with Crippen LogP contribution in [0.2, 0.25) is 5.02 Å². The lowest BCUT2D eigenvalue weighted by molar-refractivity contribution is 0.436.